The molecule has 3 amide bonds. The number of hydrogen-bond donors (Lipinski definition) is 1. The molecule has 28 heavy (non-hydrogen) atoms. The fraction of sp³-hybridized carbons (Fsp3) is 0.238. The van der Waals surface area contributed by atoms with Crippen molar-refractivity contribution in [1.82, 2.24) is 10.2 Å². The number of carbonyl (C=O) groups excluding carboxylic acids is 4. The lowest BCUT2D eigenvalue weighted by molar-refractivity contribution is -0.255. The zero-order valence-corrected chi connectivity index (χ0v) is 15.5. The Morgan fingerprint density at radius 2 is 1.57 bits per heavy atom. The lowest BCUT2D eigenvalue weighted by Gasteiger charge is -2.15. The lowest BCUT2D eigenvalue weighted by atomic mass is 10.1. The summed E-state index contributed by atoms with van der Waals surface area (Å²) in [5.74, 6) is -2.24. The van der Waals surface area contributed by atoms with Crippen LogP contribution in [0.2, 0.25) is 0 Å². The fourth-order valence-corrected chi connectivity index (χ4v) is 3.01. The zero-order valence-electron chi connectivity index (χ0n) is 15.5. The lowest BCUT2D eigenvalue weighted by Crippen LogP contribution is -2.33. The van der Waals surface area contributed by atoms with Crippen molar-refractivity contribution in [3.63, 3.8) is 0 Å². The molecule has 0 fully saturated rings. The van der Waals surface area contributed by atoms with Crippen molar-refractivity contribution in [3.8, 4) is 0 Å². The number of nitrogens with zero attached hydrogens (tertiary/aromatic N) is 1. The summed E-state index contributed by atoms with van der Waals surface area (Å²) in [6, 6.07) is 10.4. The number of imide groups is 1. The molecule has 1 aliphatic heterocycles. The largest absolute Gasteiger partial charge is 0.545 e. The first-order valence-electron chi connectivity index (χ1n) is 8.86. The van der Waals surface area contributed by atoms with E-state index in [9.17, 15) is 24.3 Å². The maximum atomic E-state index is 12.5. The van der Waals surface area contributed by atoms with Gasteiger partial charge in [-0.15, -0.1) is 0 Å². The molecule has 144 valence electrons. The minimum Gasteiger partial charge on any atom is -0.545 e. The van der Waals surface area contributed by atoms with Crippen LogP contribution >= 0.6 is 0 Å². The highest BCUT2D eigenvalue weighted by molar-refractivity contribution is 6.22. The Bertz CT molecular complexity index is 963. The monoisotopic (exact) mass is 379 g/mol. The number of carbonyl (C=O) groups is 4. The van der Waals surface area contributed by atoms with Gasteiger partial charge in [0.1, 0.15) is 0 Å². The molecular formula is C21H19N2O5-. The van der Waals surface area contributed by atoms with E-state index in [0.717, 1.165) is 0 Å². The number of carboxylic acids is 1. The van der Waals surface area contributed by atoms with Gasteiger partial charge in [0, 0.05) is 18.7 Å². The molecule has 3 rings (SSSR count). The van der Waals surface area contributed by atoms with Gasteiger partial charge in [-0.3, -0.25) is 19.3 Å². The third-order valence-corrected chi connectivity index (χ3v) is 4.42. The first-order valence-corrected chi connectivity index (χ1v) is 8.86. The average molecular weight is 379 g/mol. The molecule has 7 heteroatoms. The molecular weight excluding hydrogens is 360 g/mol. The normalized spacial score (nSPS) is 13.0. The first kappa shape index (κ1) is 19.3. The third kappa shape index (κ3) is 3.78. The van der Waals surface area contributed by atoms with Gasteiger partial charge in [-0.2, -0.15) is 0 Å². The number of benzene rings is 2. The van der Waals surface area contributed by atoms with Crippen LogP contribution in [0, 0.1) is 5.92 Å². The maximum Gasteiger partial charge on any atom is 0.261 e. The van der Waals surface area contributed by atoms with Crippen LogP contribution < -0.4 is 10.4 Å². The molecule has 0 saturated carbocycles. The summed E-state index contributed by atoms with van der Waals surface area (Å²) in [4.78, 5) is 49.2. The molecule has 0 aliphatic carbocycles. The van der Waals surface area contributed by atoms with Crippen LogP contribution in [0.3, 0.4) is 0 Å². The number of nitrogens with one attached hydrogen (secondary N) is 1. The van der Waals surface area contributed by atoms with E-state index in [1.54, 1.807) is 12.1 Å². The number of rotatable bonds is 6. The van der Waals surface area contributed by atoms with Crippen LogP contribution in [0.25, 0.3) is 0 Å². The van der Waals surface area contributed by atoms with Crippen LogP contribution in [0.4, 0.5) is 0 Å². The molecule has 0 spiro atoms. The molecule has 0 bridgehead atoms. The highest BCUT2D eigenvalue weighted by atomic mass is 16.4. The summed E-state index contributed by atoms with van der Waals surface area (Å²) in [6.45, 7) is 4.36. The van der Waals surface area contributed by atoms with Gasteiger partial charge in [0.2, 0.25) is 0 Å². The number of fused-ring (bicyclic) bond motifs is 1. The van der Waals surface area contributed by atoms with Crippen LogP contribution in [0.1, 0.15) is 60.8 Å². The molecule has 0 atom stereocenters. The third-order valence-electron chi connectivity index (χ3n) is 4.42. The van der Waals surface area contributed by atoms with Crippen molar-refractivity contribution in [1.29, 1.82) is 0 Å². The van der Waals surface area contributed by atoms with Crippen LogP contribution in [0.5, 0.6) is 0 Å². The van der Waals surface area contributed by atoms with E-state index >= 15 is 0 Å². The molecule has 1 aliphatic rings. The van der Waals surface area contributed by atoms with Crippen LogP contribution in [0.15, 0.2) is 42.5 Å². The van der Waals surface area contributed by atoms with Crippen molar-refractivity contribution >= 4 is 23.7 Å². The van der Waals surface area contributed by atoms with Crippen molar-refractivity contribution in [2.75, 3.05) is 6.54 Å². The summed E-state index contributed by atoms with van der Waals surface area (Å²) >= 11 is 0. The summed E-state index contributed by atoms with van der Waals surface area (Å²) in [6.07, 6.45) is 0. The van der Waals surface area contributed by atoms with E-state index in [1.807, 2.05) is 13.8 Å². The van der Waals surface area contributed by atoms with E-state index in [4.69, 9.17) is 0 Å². The van der Waals surface area contributed by atoms with Gasteiger partial charge in [-0.1, -0.05) is 38.1 Å². The van der Waals surface area contributed by atoms with Gasteiger partial charge in [0.25, 0.3) is 17.7 Å². The highest BCUT2D eigenvalue weighted by Crippen LogP contribution is 2.25. The molecule has 2 aromatic rings. The van der Waals surface area contributed by atoms with E-state index in [1.165, 1.54) is 35.2 Å². The molecule has 0 unspecified atom stereocenters. The van der Waals surface area contributed by atoms with Crippen molar-refractivity contribution in [3.05, 3.63) is 70.3 Å². The predicted molar refractivity (Wildman–Crippen MR) is 98.6 cm³/mol. The quantitative estimate of drug-likeness (QED) is 0.760. The zero-order chi connectivity index (χ0) is 20.4. The van der Waals surface area contributed by atoms with Gasteiger partial charge in [-0.05, 0) is 35.2 Å². The average Bonchev–Trinajstić information content (AvgIpc) is 2.90. The van der Waals surface area contributed by atoms with Crippen LogP contribution in [-0.2, 0) is 6.54 Å². The molecule has 2 aromatic carbocycles. The predicted octanol–water partition coefficient (Wildman–Crippen LogP) is 1.23. The van der Waals surface area contributed by atoms with Gasteiger partial charge in [0.05, 0.1) is 17.1 Å². The van der Waals surface area contributed by atoms with Crippen molar-refractivity contribution < 1.29 is 24.3 Å². The Balaban J connectivity index is 1.71. The van der Waals surface area contributed by atoms with Gasteiger partial charge >= 0.3 is 0 Å². The second-order valence-corrected chi connectivity index (χ2v) is 7.04. The standard InChI is InChI=1S/C21H20N2O5/c1-12(2)11-23-19(25)16-8-7-15(9-17(16)20(23)26)18(24)22-10-13-3-5-14(6-4-13)21(27)28/h3-9,12H,10-11H2,1-2H3,(H,22,24)(H,27,28)/p-1. The Hall–Kier alpha value is -3.48. The molecule has 0 radical (unpaired) electrons. The van der Waals surface area contributed by atoms with E-state index in [0.29, 0.717) is 17.7 Å². The number of hydrogen-bond acceptors (Lipinski definition) is 5. The minimum absolute atomic E-state index is 0.0582. The second-order valence-electron chi connectivity index (χ2n) is 7.04. The molecule has 0 aromatic heterocycles. The molecule has 0 saturated heterocycles. The summed E-state index contributed by atoms with van der Waals surface area (Å²) in [5.41, 5.74) is 1.59. The summed E-state index contributed by atoms with van der Waals surface area (Å²) in [7, 11) is 0. The van der Waals surface area contributed by atoms with E-state index in [2.05, 4.69) is 5.32 Å². The van der Waals surface area contributed by atoms with Crippen molar-refractivity contribution in [2.24, 2.45) is 5.92 Å². The molecule has 1 N–H and O–H groups in total. The Labute approximate surface area is 162 Å². The van der Waals surface area contributed by atoms with E-state index < -0.39 is 11.9 Å². The highest BCUT2D eigenvalue weighted by Gasteiger charge is 2.36. The second kappa shape index (κ2) is 7.64. The SMILES string of the molecule is CC(C)CN1C(=O)c2ccc(C(=O)NCc3ccc(C(=O)[O-])cc3)cc2C1=O. The topological polar surface area (TPSA) is 107 Å². The van der Waals surface area contributed by atoms with Gasteiger partial charge in [0.15, 0.2) is 0 Å². The Kier molecular flexibility index (Phi) is 5.26. The number of amides is 3. The Morgan fingerprint density at radius 3 is 2.18 bits per heavy atom. The van der Waals surface area contributed by atoms with Gasteiger partial charge < -0.3 is 15.2 Å². The van der Waals surface area contributed by atoms with Crippen molar-refractivity contribution in [2.45, 2.75) is 20.4 Å². The fourth-order valence-electron chi connectivity index (χ4n) is 3.01. The van der Waals surface area contributed by atoms with Crippen LogP contribution in [-0.4, -0.2) is 35.1 Å². The number of carboxylic acid groups (broad SMARTS) is 1. The summed E-state index contributed by atoms with van der Waals surface area (Å²) in [5, 5.41) is 13.5. The summed E-state index contributed by atoms with van der Waals surface area (Å²) < 4.78 is 0. The van der Waals surface area contributed by atoms with E-state index in [-0.39, 0.29) is 41.0 Å². The first-order chi connectivity index (χ1) is 13.3. The maximum absolute atomic E-state index is 12.5. The minimum atomic E-state index is -1.26. The van der Waals surface area contributed by atoms with Gasteiger partial charge in [-0.25, -0.2) is 0 Å². The molecule has 7 nitrogen and oxygen atoms in total. The smallest absolute Gasteiger partial charge is 0.261 e. The molecule has 1 heterocycles. The Morgan fingerprint density at radius 1 is 0.964 bits per heavy atom. The number of aromatic carboxylic acids is 1.